The molecule has 4 N–H and O–H groups in total. The zero-order valence-electron chi connectivity index (χ0n) is 7.99. The van der Waals surface area contributed by atoms with Gasteiger partial charge in [0.1, 0.15) is 0 Å². The molecule has 0 atom stereocenters. The maximum Gasteiger partial charge on any atom is 0.248 e. The molecule has 1 rings (SSSR count). The van der Waals surface area contributed by atoms with Crippen LogP contribution < -0.4 is 11.5 Å². The number of hydrogen-bond donors (Lipinski definition) is 2. The first-order chi connectivity index (χ1) is 7.09. The van der Waals surface area contributed by atoms with E-state index < -0.39 is 11.8 Å². The first kappa shape index (κ1) is 10.8. The second kappa shape index (κ2) is 4.82. The van der Waals surface area contributed by atoms with Crippen molar-refractivity contribution < 1.29 is 9.59 Å². The van der Waals surface area contributed by atoms with Crippen molar-refractivity contribution in [1.82, 2.24) is 0 Å². The predicted octanol–water partition coefficient (Wildman–Crippen LogP) is 0.0124. The molecule has 2 amide bonds. The van der Waals surface area contributed by atoms with Crippen LogP contribution in [0.15, 0.2) is 24.3 Å². The standard InChI is InChI=1S/C11H10N2O2/c12-10(14)6-2-4-8-3-1-5-9(7-8)11(13)15/h1,3,5,7H,6H2,(H2,12,14)(H2,13,15). The van der Waals surface area contributed by atoms with Gasteiger partial charge in [0.15, 0.2) is 0 Å². The van der Waals surface area contributed by atoms with Crippen molar-refractivity contribution >= 4 is 11.8 Å². The average molecular weight is 202 g/mol. The summed E-state index contributed by atoms with van der Waals surface area (Å²) in [7, 11) is 0. The van der Waals surface area contributed by atoms with Gasteiger partial charge in [-0.3, -0.25) is 9.59 Å². The van der Waals surface area contributed by atoms with Crippen molar-refractivity contribution in [3.8, 4) is 11.8 Å². The molecule has 0 aliphatic carbocycles. The van der Waals surface area contributed by atoms with Crippen molar-refractivity contribution in [2.45, 2.75) is 6.42 Å². The van der Waals surface area contributed by atoms with Crippen molar-refractivity contribution in [2.24, 2.45) is 11.5 Å². The third kappa shape index (κ3) is 3.53. The second-order valence-corrected chi connectivity index (χ2v) is 2.89. The van der Waals surface area contributed by atoms with Gasteiger partial charge in [-0.15, -0.1) is 0 Å². The summed E-state index contributed by atoms with van der Waals surface area (Å²) in [6.45, 7) is 0. The van der Waals surface area contributed by atoms with E-state index in [-0.39, 0.29) is 6.42 Å². The number of carbonyl (C=O) groups excluding carboxylic acids is 2. The Morgan fingerprint density at radius 2 is 2.00 bits per heavy atom. The number of benzene rings is 1. The Labute approximate surface area is 87.3 Å². The van der Waals surface area contributed by atoms with E-state index in [2.05, 4.69) is 11.8 Å². The molecule has 4 nitrogen and oxygen atoms in total. The third-order valence-corrected chi connectivity index (χ3v) is 1.64. The zero-order chi connectivity index (χ0) is 11.3. The van der Waals surface area contributed by atoms with Gasteiger partial charge in [-0.1, -0.05) is 17.9 Å². The Balaban J connectivity index is 2.85. The molecular weight excluding hydrogens is 192 g/mol. The van der Waals surface area contributed by atoms with Crippen LogP contribution >= 0.6 is 0 Å². The first-order valence-electron chi connectivity index (χ1n) is 4.26. The molecule has 0 saturated carbocycles. The molecule has 1 aromatic rings. The number of carbonyl (C=O) groups is 2. The first-order valence-corrected chi connectivity index (χ1v) is 4.26. The molecule has 0 fully saturated rings. The summed E-state index contributed by atoms with van der Waals surface area (Å²) in [5.41, 5.74) is 11.0. The van der Waals surface area contributed by atoms with Crippen LogP contribution in [0, 0.1) is 11.8 Å². The van der Waals surface area contributed by atoms with Gasteiger partial charge in [0.25, 0.3) is 0 Å². The van der Waals surface area contributed by atoms with Crippen LogP contribution in [0.1, 0.15) is 22.3 Å². The van der Waals surface area contributed by atoms with Crippen LogP contribution in [0.25, 0.3) is 0 Å². The average Bonchev–Trinajstić information content (AvgIpc) is 2.17. The molecule has 0 saturated heterocycles. The van der Waals surface area contributed by atoms with Crippen LogP contribution in [-0.4, -0.2) is 11.8 Å². The van der Waals surface area contributed by atoms with Crippen LogP contribution in [0.4, 0.5) is 0 Å². The van der Waals surface area contributed by atoms with Gasteiger partial charge in [-0.2, -0.15) is 0 Å². The van der Waals surface area contributed by atoms with Gasteiger partial charge in [0.2, 0.25) is 11.8 Å². The Kier molecular flexibility index (Phi) is 3.47. The van der Waals surface area contributed by atoms with Crippen molar-refractivity contribution in [3.63, 3.8) is 0 Å². The molecule has 0 heterocycles. The number of rotatable bonds is 2. The highest BCUT2D eigenvalue weighted by Gasteiger charge is 1.98. The van der Waals surface area contributed by atoms with Gasteiger partial charge in [-0.05, 0) is 18.2 Å². The monoisotopic (exact) mass is 202 g/mol. The quantitative estimate of drug-likeness (QED) is 0.662. The fourth-order valence-electron chi connectivity index (χ4n) is 0.984. The van der Waals surface area contributed by atoms with E-state index in [1.54, 1.807) is 24.3 Å². The summed E-state index contributed by atoms with van der Waals surface area (Å²) in [4.78, 5) is 21.2. The number of amides is 2. The van der Waals surface area contributed by atoms with E-state index in [0.29, 0.717) is 11.1 Å². The van der Waals surface area contributed by atoms with Crippen molar-refractivity contribution in [3.05, 3.63) is 35.4 Å². The lowest BCUT2D eigenvalue weighted by atomic mass is 10.1. The lowest BCUT2D eigenvalue weighted by Gasteiger charge is -1.94. The summed E-state index contributed by atoms with van der Waals surface area (Å²) >= 11 is 0. The molecule has 0 unspecified atom stereocenters. The fraction of sp³-hybridized carbons (Fsp3) is 0.0909. The lowest BCUT2D eigenvalue weighted by Crippen LogP contribution is -2.10. The third-order valence-electron chi connectivity index (χ3n) is 1.64. The van der Waals surface area contributed by atoms with Crippen LogP contribution in [-0.2, 0) is 4.79 Å². The highest BCUT2D eigenvalue weighted by atomic mass is 16.1. The van der Waals surface area contributed by atoms with E-state index in [0.717, 1.165) is 0 Å². The van der Waals surface area contributed by atoms with Gasteiger partial charge < -0.3 is 11.5 Å². The topological polar surface area (TPSA) is 86.2 Å². The molecular formula is C11H10N2O2. The molecule has 0 aliphatic heterocycles. The molecule has 76 valence electrons. The second-order valence-electron chi connectivity index (χ2n) is 2.89. The Morgan fingerprint density at radius 3 is 2.60 bits per heavy atom. The minimum absolute atomic E-state index is 0.000793. The predicted molar refractivity (Wildman–Crippen MR) is 55.6 cm³/mol. The Bertz CT molecular complexity index is 455. The van der Waals surface area contributed by atoms with Crippen molar-refractivity contribution in [1.29, 1.82) is 0 Å². The number of hydrogen-bond acceptors (Lipinski definition) is 2. The molecule has 0 spiro atoms. The van der Waals surface area contributed by atoms with E-state index in [4.69, 9.17) is 11.5 Å². The van der Waals surface area contributed by atoms with Gasteiger partial charge in [0, 0.05) is 11.1 Å². The minimum atomic E-state index is -0.506. The van der Waals surface area contributed by atoms with Crippen LogP contribution in [0.3, 0.4) is 0 Å². The SMILES string of the molecule is NC(=O)CC#Cc1cccc(C(N)=O)c1. The molecule has 0 bridgehead atoms. The van der Waals surface area contributed by atoms with Crippen LogP contribution in [0.2, 0.25) is 0 Å². The Morgan fingerprint density at radius 1 is 1.27 bits per heavy atom. The fourth-order valence-corrected chi connectivity index (χ4v) is 0.984. The largest absolute Gasteiger partial charge is 0.369 e. The van der Waals surface area contributed by atoms with E-state index >= 15 is 0 Å². The van der Waals surface area contributed by atoms with Crippen LogP contribution in [0.5, 0.6) is 0 Å². The summed E-state index contributed by atoms with van der Waals surface area (Å²) in [6, 6.07) is 6.56. The highest BCUT2D eigenvalue weighted by molar-refractivity contribution is 5.93. The zero-order valence-corrected chi connectivity index (χ0v) is 7.99. The lowest BCUT2D eigenvalue weighted by molar-refractivity contribution is -0.117. The number of primary amides is 2. The Hall–Kier alpha value is -2.28. The normalized spacial score (nSPS) is 8.80. The molecule has 1 aromatic carbocycles. The molecule has 0 aliphatic rings. The summed E-state index contributed by atoms with van der Waals surface area (Å²) in [5, 5.41) is 0. The summed E-state index contributed by atoms with van der Waals surface area (Å²) in [5.74, 6) is 4.32. The molecule has 15 heavy (non-hydrogen) atoms. The van der Waals surface area contributed by atoms with E-state index in [1.807, 2.05) is 0 Å². The smallest absolute Gasteiger partial charge is 0.248 e. The maximum absolute atomic E-state index is 10.8. The number of nitrogens with two attached hydrogens (primary N) is 2. The highest BCUT2D eigenvalue weighted by Crippen LogP contribution is 2.02. The van der Waals surface area contributed by atoms with E-state index in [9.17, 15) is 9.59 Å². The summed E-state index contributed by atoms with van der Waals surface area (Å²) < 4.78 is 0. The molecule has 4 heteroatoms. The van der Waals surface area contributed by atoms with Crippen molar-refractivity contribution in [2.75, 3.05) is 0 Å². The molecule has 0 radical (unpaired) electrons. The molecule has 0 aromatic heterocycles. The van der Waals surface area contributed by atoms with Gasteiger partial charge in [-0.25, -0.2) is 0 Å². The van der Waals surface area contributed by atoms with Gasteiger partial charge >= 0.3 is 0 Å². The summed E-state index contributed by atoms with van der Waals surface area (Å²) in [6.07, 6.45) is 0.000793. The van der Waals surface area contributed by atoms with Gasteiger partial charge in [0.05, 0.1) is 6.42 Å². The maximum atomic E-state index is 10.8. The van der Waals surface area contributed by atoms with E-state index in [1.165, 1.54) is 0 Å². The minimum Gasteiger partial charge on any atom is -0.369 e.